The van der Waals surface area contributed by atoms with Crippen molar-refractivity contribution in [3.63, 3.8) is 0 Å². The van der Waals surface area contributed by atoms with E-state index in [1.165, 1.54) is 0 Å². The first-order chi connectivity index (χ1) is 16.2. The summed E-state index contributed by atoms with van der Waals surface area (Å²) >= 11 is 0. The molecule has 5 rings (SSSR count). The second-order valence-corrected chi connectivity index (χ2v) is 10.1. The quantitative estimate of drug-likeness (QED) is 0.381. The molecule has 4 aromatic carbocycles. The Morgan fingerprint density at radius 1 is 0.824 bits per heavy atom. The molecule has 2 atom stereocenters. The molecule has 1 fully saturated rings. The van der Waals surface area contributed by atoms with E-state index in [9.17, 15) is 15.0 Å². The van der Waals surface area contributed by atoms with Crippen LogP contribution in [0.4, 0.5) is 0 Å². The van der Waals surface area contributed by atoms with Crippen LogP contribution in [0.5, 0.6) is 0 Å². The van der Waals surface area contributed by atoms with Crippen molar-refractivity contribution < 1.29 is 19.7 Å². The zero-order chi connectivity index (χ0) is 24.1. The van der Waals surface area contributed by atoms with Crippen molar-refractivity contribution in [3.8, 4) is 0 Å². The summed E-state index contributed by atoms with van der Waals surface area (Å²) in [5, 5.41) is 26.8. The first kappa shape index (κ1) is 22.6. The standard InChI is InChI=1S/C30H30O4/c1-28(2)26(27(31)32)18-19-29(3,34-28)30(33,24-16-8-12-20-10-4-6-14-22(20)24)25-17-9-13-21-11-5-7-15-23(21)25/h4-17,26,33H,18-19H2,1-3H3,(H,31,32)/t26-,29+/m0/s1. The lowest BCUT2D eigenvalue weighted by Gasteiger charge is -2.54. The number of fused-ring (bicyclic) bond motifs is 2. The van der Waals surface area contributed by atoms with Gasteiger partial charge in [-0.05, 0) is 66.3 Å². The summed E-state index contributed by atoms with van der Waals surface area (Å²) in [5.74, 6) is -1.52. The van der Waals surface area contributed by atoms with Crippen LogP contribution in [0.3, 0.4) is 0 Å². The number of ether oxygens (including phenoxy) is 1. The van der Waals surface area contributed by atoms with Gasteiger partial charge in [0.2, 0.25) is 0 Å². The lowest BCUT2D eigenvalue weighted by atomic mass is 9.66. The Kier molecular flexibility index (Phi) is 5.27. The maximum absolute atomic E-state index is 13.0. The Hall–Kier alpha value is -3.21. The van der Waals surface area contributed by atoms with Crippen molar-refractivity contribution in [1.82, 2.24) is 0 Å². The highest BCUT2D eigenvalue weighted by atomic mass is 16.5. The van der Waals surface area contributed by atoms with E-state index in [0.29, 0.717) is 12.8 Å². The molecule has 0 aliphatic carbocycles. The van der Waals surface area contributed by atoms with Gasteiger partial charge in [0.1, 0.15) is 11.2 Å². The third-order valence-electron chi connectivity index (χ3n) is 7.66. The van der Waals surface area contributed by atoms with Crippen molar-refractivity contribution in [1.29, 1.82) is 0 Å². The van der Waals surface area contributed by atoms with Gasteiger partial charge in [-0.2, -0.15) is 0 Å². The fourth-order valence-electron chi connectivity index (χ4n) is 5.94. The number of aliphatic hydroxyl groups is 1. The highest BCUT2D eigenvalue weighted by molar-refractivity contribution is 5.91. The van der Waals surface area contributed by atoms with Crippen LogP contribution in [-0.2, 0) is 15.1 Å². The number of benzene rings is 4. The fraction of sp³-hybridized carbons (Fsp3) is 0.300. The smallest absolute Gasteiger partial charge is 0.309 e. The number of carboxylic acid groups (broad SMARTS) is 1. The topological polar surface area (TPSA) is 66.8 Å². The van der Waals surface area contributed by atoms with Crippen molar-refractivity contribution in [2.75, 3.05) is 0 Å². The number of hydrogen-bond acceptors (Lipinski definition) is 3. The molecule has 1 aliphatic rings. The van der Waals surface area contributed by atoms with Crippen LogP contribution in [0.15, 0.2) is 84.9 Å². The van der Waals surface area contributed by atoms with Crippen LogP contribution in [0.25, 0.3) is 21.5 Å². The molecule has 0 amide bonds. The van der Waals surface area contributed by atoms with Gasteiger partial charge in [0.05, 0.1) is 11.5 Å². The van der Waals surface area contributed by atoms with Gasteiger partial charge in [0, 0.05) is 0 Å². The summed E-state index contributed by atoms with van der Waals surface area (Å²) in [4.78, 5) is 12.0. The van der Waals surface area contributed by atoms with Gasteiger partial charge in [0.15, 0.2) is 0 Å². The van der Waals surface area contributed by atoms with Crippen molar-refractivity contribution in [2.45, 2.75) is 50.4 Å². The molecular formula is C30H30O4. The number of carbonyl (C=O) groups is 1. The number of aliphatic carboxylic acids is 1. The Bertz CT molecular complexity index is 1300. The monoisotopic (exact) mass is 454 g/mol. The van der Waals surface area contributed by atoms with E-state index in [0.717, 1.165) is 32.7 Å². The van der Waals surface area contributed by atoms with Gasteiger partial charge < -0.3 is 14.9 Å². The van der Waals surface area contributed by atoms with E-state index >= 15 is 0 Å². The van der Waals surface area contributed by atoms with E-state index in [2.05, 4.69) is 0 Å². The van der Waals surface area contributed by atoms with E-state index in [1.807, 2.05) is 106 Å². The molecule has 0 radical (unpaired) electrons. The molecule has 0 saturated carbocycles. The molecule has 0 unspecified atom stereocenters. The van der Waals surface area contributed by atoms with Crippen molar-refractivity contribution in [2.24, 2.45) is 5.92 Å². The predicted octanol–water partition coefficient (Wildman–Crippen LogP) is 6.28. The van der Waals surface area contributed by atoms with Crippen LogP contribution in [0.2, 0.25) is 0 Å². The molecule has 1 aliphatic heterocycles. The van der Waals surface area contributed by atoms with Crippen LogP contribution in [-0.4, -0.2) is 27.4 Å². The summed E-state index contributed by atoms with van der Waals surface area (Å²) in [6.07, 6.45) is 0.813. The molecular weight excluding hydrogens is 424 g/mol. The maximum atomic E-state index is 13.0. The average Bonchev–Trinajstić information content (AvgIpc) is 2.82. The molecule has 1 heterocycles. The van der Waals surface area contributed by atoms with E-state index in [4.69, 9.17) is 4.74 Å². The molecule has 0 spiro atoms. The molecule has 0 aromatic heterocycles. The summed E-state index contributed by atoms with van der Waals surface area (Å²) in [5.41, 5.74) is -2.04. The summed E-state index contributed by atoms with van der Waals surface area (Å²) in [6, 6.07) is 28.0. The molecule has 0 bridgehead atoms. The third-order valence-corrected chi connectivity index (χ3v) is 7.66. The highest BCUT2D eigenvalue weighted by Gasteiger charge is 2.58. The minimum atomic E-state index is -1.53. The second-order valence-electron chi connectivity index (χ2n) is 10.1. The first-order valence-corrected chi connectivity index (χ1v) is 11.8. The minimum Gasteiger partial charge on any atom is -0.481 e. The molecule has 174 valence electrons. The average molecular weight is 455 g/mol. The Labute approximate surface area is 199 Å². The fourth-order valence-corrected chi connectivity index (χ4v) is 5.94. The van der Waals surface area contributed by atoms with Gasteiger partial charge in [-0.15, -0.1) is 0 Å². The first-order valence-electron chi connectivity index (χ1n) is 11.8. The zero-order valence-electron chi connectivity index (χ0n) is 19.8. The zero-order valence-corrected chi connectivity index (χ0v) is 19.8. The predicted molar refractivity (Wildman–Crippen MR) is 135 cm³/mol. The second kappa shape index (κ2) is 7.93. The van der Waals surface area contributed by atoms with Gasteiger partial charge in [-0.25, -0.2) is 0 Å². The van der Waals surface area contributed by atoms with Crippen LogP contribution < -0.4 is 0 Å². The minimum absolute atomic E-state index is 0.399. The van der Waals surface area contributed by atoms with E-state index < -0.39 is 28.7 Å². The third kappa shape index (κ3) is 3.32. The Morgan fingerprint density at radius 2 is 1.29 bits per heavy atom. The SMILES string of the molecule is CC1(C)O[C@@](C)(C(O)(c2cccc3ccccc23)c2cccc3ccccc23)CC[C@H]1C(=O)O. The number of rotatable bonds is 4. The normalized spacial score (nSPS) is 22.6. The summed E-state index contributed by atoms with van der Waals surface area (Å²) < 4.78 is 6.68. The molecule has 34 heavy (non-hydrogen) atoms. The van der Waals surface area contributed by atoms with Gasteiger partial charge in [-0.1, -0.05) is 84.9 Å². The van der Waals surface area contributed by atoms with Crippen molar-refractivity contribution in [3.05, 3.63) is 96.1 Å². The molecule has 1 saturated heterocycles. The van der Waals surface area contributed by atoms with Gasteiger partial charge in [-0.3, -0.25) is 4.79 Å². The van der Waals surface area contributed by atoms with E-state index in [1.54, 1.807) is 0 Å². The number of hydrogen-bond donors (Lipinski definition) is 2. The summed E-state index contributed by atoms with van der Waals surface area (Å²) in [6.45, 7) is 5.56. The lowest BCUT2D eigenvalue weighted by Crippen LogP contribution is -2.61. The van der Waals surface area contributed by atoms with Crippen LogP contribution >= 0.6 is 0 Å². The Balaban J connectivity index is 1.83. The van der Waals surface area contributed by atoms with Crippen LogP contribution in [0.1, 0.15) is 44.7 Å². The molecule has 2 N–H and O–H groups in total. The van der Waals surface area contributed by atoms with Crippen LogP contribution in [0, 0.1) is 5.92 Å². The van der Waals surface area contributed by atoms with E-state index in [-0.39, 0.29) is 0 Å². The highest BCUT2D eigenvalue weighted by Crippen LogP contribution is 2.53. The van der Waals surface area contributed by atoms with Gasteiger partial charge in [0.25, 0.3) is 0 Å². The molecule has 4 heteroatoms. The lowest BCUT2D eigenvalue weighted by molar-refractivity contribution is -0.256. The molecule has 4 aromatic rings. The largest absolute Gasteiger partial charge is 0.481 e. The van der Waals surface area contributed by atoms with Gasteiger partial charge >= 0.3 is 5.97 Å². The molecule has 4 nitrogen and oxygen atoms in total. The summed E-state index contributed by atoms with van der Waals surface area (Å²) in [7, 11) is 0. The van der Waals surface area contributed by atoms with Crippen molar-refractivity contribution >= 4 is 27.5 Å². The number of carboxylic acids is 1. The maximum Gasteiger partial charge on any atom is 0.309 e. The Morgan fingerprint density at radius 3 is 1.76 bits per heavy atom.